The molecule has 6 atom stereocenters. The first kappa shape index (κ1) is 25.2. The van der Waals surface area contributed by atoms with Gasteiger partial charge in [0.1, 0.15) is 18.5 Å². The molecule has 2 heterocycles. The highest BCUT2D eigenvalue weighted by Crippen LogP contribution is 2.44. The number of hydrogen-bond donors (Lipinski definition) is 2. The summed E-state index contributed by atoms with van der Waals surface area (Å²) in [5, 5.41) is 5.22. The van der Waals surface area contributed by atoms with Gasteiger partial charge in [-0.3, -0.25) is 19.2 Å². The summed E-state index contributed by atoms with van der Waals surface area (Å²) >= 11 is 0. The van der Waals surface area contributed by atoms with Crippen molar-refractivity contribution in [3.05, 3.63) is 35.6 Å². The molecule has 1 saturated carbocycles. The fourth-order valence-corrected chi connectivity index (χ4v) is 5.80. The van der Waals surface area contributed by atoms with Crippen molar-refractivity contribution < 1.29 is 32.3 Å². The van der Waals surface area contributed by atoms with Crippen molar-refractivity contribution >= 4 is 23.5 Å². The number of hydrogen-bond acceptors (Lipinski definition) is 4. The van der Waals surface area contributed by atoms with Gasteiger partial charge in [0.2, 0.25) is 17.5 Å². The van der Waals surface area contributed by atoms with Crippen molar-refractivity contribution in [2.45, 2.75) is 56.8 Å². The summed E-state index contributed by atoms with van der Waals surface area (Å²) in [5.41, 5.74) is -2.73. The van der Waals surface area contributed by atoms with Crippen LogP contribution in [0, 0.1) is 23.6 Å². The molecule has 3 fully saturated rings. The van der Waals surface area contributed by atoms with E-state index < -0.39 is 53.8 Å². The van der Waals surface area contributed by atoms with Crippen LogP contribution in [0.1, 0.15) is 44.6 Å². The molecule has 2 N–H and O–H groups in total. The van der Waals surface area contributed by atoms with Crippen LogP contribution in [0.15, 0.2) is 24.3 Å². The van der Waals surface area contributed by atoms with Crippen LogP contribution in [-0.4, -0.2) is 60.3 Å². The predicted molar refractivity (Wildman–Crippen MR) is 120 cm³/mol. The zero-order valence-electron chi connectivity index (χ0n) is 19.6. The SMILES string of the molecule is C[C@](F)(C(=O)N1C[C@@H]2CCC[C@@H]2[C@@H]1C(=O)N[C@@H](C[C@@H]1CCNC1=O)C(=O)CF)c1cccc(F)c1. The Balaban J connectivity index is 1.57. The van der Waals surface area contributed by atoms with E-state index >= 15 is 4.39 Å². The average molecular weight is 494 g/mol. The minimum atomic E-state index is -2.57. The number of Topliss-reactive ketones (excluding diaryl/α,β-unsaturated/α-hetero) is 1. The summed E-state index contributed by atoms with van der Waals surface area (Å²) in [7, 11) is 0. The molecule has 0 bridgehead atoms. The van der Waals surface area contributed by atoms with Crippen LogP contribution in [0.25, 0.3) is 0 Å². The smallest absolute Gasteiger partial charge is 0.265 e. The minimum Gasteiger partial charge on any atom is -0.356 e. The van der Waals surface area contributed by atoms with E-state index in [1.165, 1.54) is 17.0 Å². The third kappa shape index (κ3) is 4.92. The highest BCUT2D eigenvalue weighted by molar-refractivity contribution is 5.96. The Bertz CT molecular complexity index is 1020. The number of carbonyl (C=O) groups is 4. The Morgan fingerprint density at radius 3 is 2.69 bits per heavy atom. The van der Waals surface area contributed by atoms with Gasteiger partial charge < -0.3 is 15.5 Å². The zero-order chi connectivity index (χ0) is 25.3. The molecular weight excluding hydrogens is 463 g/mol. The van der Waals surface area contributed by atoms with Gasteiger partial charge in [-0.15, -0.1) is 0 Å². The van der Waals surface area contributed by atoms with Gasteiger partial charge >= 0.3 is 0 Å². The first-order valence-corrected chi connectivity index (χ1v) is 12.1. The molecule has 35 heavy (non-hydrogen) atoms. The third-order valence-electron chi connectivity index (χ3n) is 7.71. The largest absolute Gasteiger partial charge is 0.356 e. The molecule has 1 aromatic rings. The molecule has 4 rings (SSSR count). The molecule has 190 valence electrons. The number of rotatable bonds is 8. The number of amides is 3. The van der Waals surface area contributed by atoms with Gasteiger partial charge in [-0.25, -0.2) is 13.2 Å². The molecule has 1 aliphatic carbocycles. The highest BCUT2D eigenvalue weighted by Gasteiger charge is 2.53. The van der Waals surface area contributed by atoms with Crippen molar-refractivity contribution in [3.63, 3.8) is 0 Å². The Morgan fingerprint density at radius 1 is 1.26 bits per heavy atom. The first-order chi connectivity index (χ1) is 16.6. The molecule has 3 amide bonds. The second-order valence-corrected chi connectivity index (χ2v) is 9.94. The van der Waals surface area contributed by atoms with Crippen LogP contribution < -0.4 is 10.6 Å². The van der Waals surface area contributed by atoms with Gasteiger partial charge in [-0.2, -0.15) is 0 Å². The summed E-state index contributed by atoms with van der Waals surface area (Å²) in [6, 6.07) is 2.46. The van der Waals surface area contributed by atoms with E-state index in [4.69, 9.17) is 0 Å². The first-order valence-electron chi connectivity index (χ1n) is 12.1. The van der Waals surface area contributed by atoms with Crippen molar-refractivity contribution in [2.24, 2.45) is 17.8 Å². The number of nitrogens with zero attached hydrogens (tertiary/aromatic N) is 1. The lowest BCUT2D eigenvalue weighted by molar-refractivity contribution is -0.149. The average Bonchev–Trinajstić information content (AvgIpc) is 3.53. The van der Waals surface area contributed by atoms with Gasteiger partial charge in [-0.1, -0.05) is 18.6 Å². The van der Waals surface area contributed by atoms with Crippen molar-refractivity contribution in [1.29, 1.82) is 0 Å². The molecule has 0 radical (unpaired) electrons. The maximum atomic E-state index is 15.8. The number of nitrogens with one attached hydrogen (secondary N) is 2. The standard InChI is InChI=1S/C25H30F3N3O4/c1-25(28,16-5-3-6-17(27)11-16)24(35)31-13-15-4-2-7-18(15)21(31)23(34)30-19(20(32)12-26)10-14-8-9-29-22(14)33/h3,5-6,11,14-15,18-19,21H,2,4,7-10,12-13H2,1H3,(H,29,33)(H,30,34)/t14-,15-,18-,19-,21+,25+/m0/s1. The fraction of sp³-hybridized carbons (Fsp3) is 0.600. The maximum Gasteiger partial charge on any atom is 0.265 e. The molecule has 10 heteroatoms. The van der Waals surface area contributed by atoms with Crippen LogP contribution >= 0.6 is 0 Å². The van der Waals surface area contributed by atoms with Gasteiger partial charge in [0.25, 0.3) is 5.91 Å². The molecule has 7 nitrogen and oxygen atoms in total. The van der Waals surface area contributed by atoms with E-state index in [2.05, 4.69) is 10.6 Å². The normalized spacial score (nSPS) is 28.2. The van der Waals surface area contributed by atoms with Crippen molar-refractivity contribution in [1.82, 2.24) is 15.5 Å². The quantitative estimate of drug-likeness (QED) is 0.581. The summed E-state index contributed by atoms with van der Waals surface area (Å²) in [6.07, 6.45) is 2.71. The van der Waals surface area contributed by atoms with Crippen LogP contribution in [0.4, 0.5) is 13.2 Å². The van der Waals surface area contributed by atoms with E-state index in [1.54, 1.807) is 0 Å². The van der Waals surface area contributed by atoms with Crippen molar-refractivity contribution in [2.75, 3.05) is 19.8 Å². The van der Waals surface area contributed by atoms with E-state index in [1.807, 2.05) is 0 Å². The summed E-state index contributed by atoms with van der Waals surface area (Å²) in [4.78, 5) is 52.3. The lowest BCUT2D eigenvalue weighted by Gasteiger charge is -2.33. The molecule has 3 aliphatic rings. The zero-order valence-corrected chi connectivity index (χ0v) is 19.6. The van der Waals surface area contributed by atoms with E-state index in [0.717, 1.165) is 31.9 Å². The number of benzene rings is 1. The number of alkyl halides is 2. The number of ketones is 1. The summed E-state index contributed by atoms with van der Waals surface area (Å²) in [5.74, 6) is -4.17. The fourth-order valence-electron chi connectivity index (χ4n) is 5.80. The van der Waals surface area contributed by atoms with Gasteiger partial charge in [-0.05, 0) is 56.6 Å². The monoisotopic (exact) mass is 493 g/mol. The second-order valence-electron chi connectivity index (χ2n) is 9.94. The lowest BCUT2D eigenvalue weighted by Crippen LogP contribution is -2.55. The lowest BCUT2D eigenvalue weighted by atomic mass is 9.91. The van der Waals surface area contributed by atoms with Crippen LogP contribution in [0.5, 0.6) is 0 Å². The Morgan fingerprint density at radius 2 is 2.03 bits per heavy atom. The van der Waals surface area contributed by atoms with E-state index in [-0.39, 0.29) is 36.3 Å². The van der Waals surface area contributed by atoms with Crippen LogP contribution in [-0.2, 0) is 24.8 Å². The Kier molecular flexibility index (Phi) is 7.19. The highest BCUT2D eigenvalue weighted by atomic mass is 19.1. The molecule has 0 unspecified atom stereocenters. The topological polar surface area (TPSA) is 95.6 Å². The van der Waals surface area contributed by atoms with E-state index in [0.29, 0.717) is 19.4 Å². The molecule has 2 saturated heterocycles. The molecular formula is C25H30F3N3O4. The second kappa shape index (κ2) is 9.99. The predicted octanol–water partition coefficient (Wildman–Crippen LogP) is 2.19. The molecule has 0 spiro atoms. The molecule has 0 aromatic heterocycles. The number of fused-ring (bicyclic) bond motifs is 1. The van der Waals surface area contributed by atoms with Gasteiger partial charge in [0.05, 0.1) is 6.04 Å². The van der Waals surface area contributed by atoms with Crippen LogP contribution in [0.2, 0.25) is 0 Å². The summed E-state index contributed by atoms with van der Waals surface area (Å²) in [6.45, 7) is 0.350. The number of carbonyl (C=O) groups excluding carboxylic acids is 4. The Hall–Kier alpha value is -2.91. The van der Waals surface area contributed by atoms with Gasteiger partial charge in [0, 0.05) is 24.6 Å². The third-order valence-corrected chi connectivity index (χ3v) is 7.71. The van der Waals surface area contributed by atoms with Crippen molar-refractivity contribution in [3.8, 4) is 0 Å². The molecule has 2 aliphatic heterocycles. The Labute approximate surface area is 201 Å². The molecule has 1 aromatic carbocycles. The minimum absolute atomic E-state index is 0.00561. The number of halogens is 3. The van der Waals surface area contributed by atoms with E-state index in [9.17, 15) is 28.0 Å². The number of likely N-dealkylation sites (tertiary alicyclic amines) is 1. The summed E-state index contributed by atoms with van der Waals surface area (Å²) < 4.78 is 42.8. The maximum absolute atomic E-state index is 15.8. The van der Waals surface area contributed by atoms with Crippen LogP contribution in [0.3, 0.4) is 0 Å². The van der Waals surface area contributed by atoms with Gasteiger partial charge in [0.15, 0.2) is 5.78 Å².